The minimum absolute atomic E-state index is 0.0187. The topological polar surface area (TPSA) is 97.3 Å². The Morgan fingerprint density at radius 2 is 1.67 bits per heavy atom. The van der Waals surface area contributed by atoms with Gasteiger partial charge in [0.15, 0.2) is 5.17 Å². The molecule has 0 unspecified atom stereocenters. The van der Waals surface area contributed by atoms with Crippen molar-refractivity contribution in [1.29, 1.82) is 0 Å². The lowest BCUT2D eigenvalue weighted by Gasteiger charge is -2.16. The smallest absolute Gasteiger partial charge is 0.337 e. The van der Waals surface area contributed by atoms with Gasteiger partial charge in [-0.1, -0.05) is 42.1 Å². The zero-order valence-electron chi connectivity index (χ0n) is 19.8. The molecule has 0 aromatic heterocycles. The number of hydrogen-bond acceptors (Lipinski definition) is 7. The van der Waals surface area contributed by atoms with Crippen LogP contribution in [-0.2, 0) is 20.9 Å². The van der Waals surface area contributed by atoms with Crippen LogP contribution in [0.3, 0.4) is 0 Å². The quantitative estimate of drug-likeness (QED) is 0.450. The Kier molecular flexibility index (Phi) is 8.02. The summed E-state index contributed by atoms with van der Waals surface area (Å²) in [5.41, 5.74) is 2.55. The third kappa shape index (κ3) is 6.11. The summed E-state index contributed by atoms with van der Waals surface area (Å²) >= 11 is 1.27. The second kappa shape index (κ2) is 11.5. The normalized spacial score (nSPS) is 16.2. The zero-order valence-corrected chi connectivity index (χ0v) is 20.7. The fourth-order valence-electron chi connectivity index (χ4n) is 3.59. The summed E-state index contributed by atoms with van der Waals surface area (Å²) in [6.07, 6.45) is -0.0187. The van der Waals surface area contributed by atoms with E-state index in [4.69, 9.17) is 9.73 Å². The van der Waals surface area contributed by atoms with Crippen molar-refractivity contribution in [2.45, 2.75) is 18.2 Å². The van der Waals surface area contributed by atoms with Crippen molar-refractivity contribution in [2.24, 2.45) is 4.99 Å². The number of aliphatic imine (C=N–C) groups is 1. The molecule has 1 aliphatic heterocycles. The van der Waals surface area contributed by atoms with Crippen molar-refractivity contribution in [1.82, 2.24) is 4.90 Å². The number of benzene rings is 3. The Morgan fingerprint density at radius 1 is 0.972 bits per heavy atom. The molecule has 0 saturated carbocycles. The summed E-state index contributed by atoms with van der Waals surface area (Å²) < 4.78 is 9.89. The van der Waals surface area contributed by atoms with Gasteiger partial charge < -0.3 is 14.8 Å². The van der Waals surface area contributed by atoms with Crippen LogP contribution in [-0.4, -0.2) is 47.3 Å². The Morgan fingerprint density at radius 3 is 2.31 bits per heavy atom. The van der Waals surface area contributed by atoms with Gasteiger partial charge in [0.2, 0.25) is 11.8 Å². The average molecular weight is 504 g/mol. The van der Waals surface area contributed by atoms with E-state index in [9.17, 15) is 14.4 Å². The zero-order chi connectivity index (χ0) is 25.5. The third-order valence-electron chi connectivity index (χ3n) is 5.46. The molecule has 3 aromatic rings. The molecule has 0 radical (unpaired) electrons. The summed E-state index contributed by atoms with van der Waals surface area (Å²) in [6, 6.07) is 23.2. The van der Waals surface area contributed by atoms with Crippen molar-refractivity contribution in [3.05, 3.63) is 90.0 Å². The second-order valence-corrected chi connectivity index (χ2v) is 9.10. The predicted molar refractivity (Wildman–Crippen MR) is 139 cm³/mol. The molecule has 1 fully saturated rings. The number of nitrogens with zero attached hydrogens (tertiary/aromatic N) is 2. The van der Waals surface area contributed by atoms with Crippen LogP contribution in [0.1, 0.15) is 22.3 Å². The number of rotatable bonds is 8. The first-order valence-electron chi connectivity index (χ1n) is 11.2. The molecule has 0 spiro atoms. The van der Waals surface area contributed by atoms with E-state index in [1.165, 1.54) is 18.9 Å². The largest absolute Gasteiger partial charge is 0.497 e. The van der Waals surface area contributed by atoms with Gasteiger partial charge in [-0.25, -0.2) is 9.79 Å². The van der Waals surface area contributed by atoms with Gasteiger partial charge >= 0.3 is 5.97 Å². The lowest BCUT2D eigenvalue weighted by atomic mass is 10.2. The van der Waals surface area contributed by atoms with Crippen molar-refractivity contribution < 1.29 is 23.9 Å². The van der Waals surface area contributed by atoms with E-state index < -0.39 is 11.2 Å². The highest BCUT2D eigenvalue weighted by Crippen LogP contribution is 2.33. The van der Waals surface area contributed by atoms with Crippen LogP contribution < -0.4 is 10.1 Å². The molecule has 1 atom stereocenters. The molecule has 4 rings (SSSR count). The van der Waals surface area contributed by atoms with Gasteiger partial charge in [0.25, 0.3) is 0 Å². The predicted octanol–water partition coefficient (Wildman–Crippen LogP) is 4.64. The maximum Gasteiger partial charge on any atom is 0.337 e. The number of amidine groups is 1. The highest BCUT2D eigenvalue weighted by molar-refractivity contribution is 8.15. The van der Waals surface area contributed by atoms with Crippen molar-refractivity contribution in [3.8, 4) is 5.75 Å². The molecule has 0 bridgehead atoms. The number of methoxy groups -OCH3 is 2. The highest BCUT2D eigenvalue weighted by Gasteiger charge is 2.39. The molecule has 36 heavy (non-hydrogen) atoms. The molecule has 1 saturated heterocycles. The van der Waals surface area contributed by atoms with Crippen LogP contribution in [0.4, 0.5) is 11.4 Å². The number of esters is 1. The number of hydrogen-bond donors (Lipinski definition) is 1. The molecule has 8 nitrogen and oxygen atoms in total. The first kappa shape index (κ1) is 25.0. The number of ether oxygens (including phenoxy) is 2. The monoisotopic (exact) mass is 503 g/mol. The Balaban J connectivity index is 1.49. The average Bonchev–Trinajstić information content (AvgIpc) is 3.18. The minimum atomic E-state index is -0.611. The van der Waals surface area contributed by atoms with E-state index in [-0.39, 0.29) is 18.2 Å². The standard InChI is InChI=1S/C27H25N3O5S/c1-34-22-14-12-21(13-15-22)29-27-30(17-18-6-4-3-5-7-18)25(32)23(36-27)16-24(31)28-20-10-8-19(9-11-20)26(33)35-2/h3-15,23H,16-17H2,1-2H3,(H,28,31)/t23-/m1/s1. The number of amides is 2. The Hall–Kier alpha value is -4.11. The lowest BCUT2D eigenvalue weighted by Crippen LogP contribution is -2.33. The van der Waals surface area contributed by atoms with Crippen molar-refractivity contribution >= 4 is 46.1 Å². The summed E-state index contributed by atoms with van der Waals surface area (Å²) in [7, 11) is 2.90. The van der Waals surface area contributed by atoms with Crippen LogP contribution >= 0.6 is 11.8 Å². The Labute approximate surface area is 213 Å². The molecular formula is C27H25N3O5S. The molecule has 0 aliphatic carbocycles. The maximum absolute atomic E-state index is 13.3. The van der Waals surface area contributed by atoms with Crippen molar-refractivity contribution in [3.63, 3.8) is 0 Å². The van der Waals surface area contributed by atoms with E-state index in [2.05, 4.69) is 10.1 Å². The van der Waals surface area contributed by atoms with Gasteiger partial charge in [0, 0.05) is 12.1 Å². The summed E-state index contributed by atoms with van der Waals surface area (Å²) in [6.45, 7) is 0.356. The maximum atomic E-state index is 13.3. The van der Waals surface area contributed by atoms with E-state index >= 15 is 0 Å². The van der Waals surface area contributed by atoms with Crippen LogP contribution in [0.2, 0.25) is 0 Å². The minimum Gasteiger partial charge on any atom is -0.497 e. The van der Waals surface area contributed by atoms with Crippen LogP contribution in [0, 0.1) is 0 Å². The molecule has 3 aromatic carbocycles. The molecule has 1 N–H and O–H groups in total. The summed E-state index contributed by atoms with van der Waals surface area (Å²) in [5, 5.41) is 2.71. The summed E-state index contributed by atoms with van der Waals surface area (Å²) in [5.74, 6) is -0.225. The van der Waals surface area contributed by atoms with E-state index in [0.717, 1.165) is 5.56 Å². The first-order valence-corrected chi connectivity index (χ1v) is 12.1. The van der Waals surface area contributed by atoms with E-state index in [1.807, 2.05) is 42.5 Å². The van der Waals surface area contributed by atoms with Gasteiger partial charge in [0.1, 0.15) is 11.0 Å². The van der Waals surface area contributed by atoms with Crippen molar-refractivity contribution in [2.75, 3.05) is 19.5 Å². The van der Waals surface area contributed by atoms with Gasteiger partial charge in [-0.15, -0.1) is 0 Å². The highest BCUT2D eigenvalue weighted by atomic mass is 32.2. The Bertz CT molecular complexity index is 1260. The molecule has 1 aliphatic rings. The molecule has 1 heterocycles. The van der Waals surface area contributed by atoms with E-state index in [0.29, 0.717) is 34.4 Å². The number of thioether (sulfide) groups is 1. The lowest BCUT2D eigenvalue weighted by molar-refractivity contribution is -0.128. The number of carbonyl (C=O) groups is 3. The van der Waals surface area contributed by atoms with Crippen LogP contribution in [0.25, 0.3) is 0 Å². The van der Waals surface area contributed by atoms with Gasteiger partial charge in [0.05, 0.1) is 32.0 Å². The molecule has 2 amide bonds. The van der Waals surface area contributed by atoms with E-state index in [1.54, 1.807) is 48.4 Å². The van der Waals surface area contributed by atoms with Gasteiger partial charge in [-0.3, -0.25) is 14.5 Å². The third-order valence-corrected chi connectivity index (χ3v) is 6.64. The first-order chi connectivity index (χ1) is 17.5. The summed E-state index contributed by atoms with van der Waals surface area (Å²) in [4.78, 5) is 44.0. The van der Waals surface area contributed by atoms with Crippen LogP contribution in [0.15, 0.2) is 83.9 Å². The van der Waals surface area contributed by atoms with Crippen LogP contribution in [0.5, 0.6) is 5.75 Å². The van der Waals surface area contributed by atoms with Gasteiger partial charge in [-0.2, -0.15) is 0 Å². The number of nitrogens with one attached hydrogen (secondary N) is 1. The van der Waals surface area contributed by atoms with Gasteiger partial charge in [-0.05, 0) is 54.1 Å². The number of anilines is 1. The molecular weight excluding hydrogens is 478 g/mol. The SMILES string of the molecule is COC(=O)c1ccc(NC(=O)C[C@H]2SC(=Nc3ccc(OC)cc3)N(Cc3ccccc3)C2=O)cc1. The molecule has 184 valence electrons. The molecule has 9 heteroatoms. The number of carbonyl (C=O) groups excluding carboxylic acids is 3. The second-order valence-electron chi connectivity index (χ2n) is 7.93. The fourth-order valence-corrected chi connectivity index (χ4v) is 4.75. The fraction of sp³-hybridized carbons (Fsp3) is 0.185.